The molecule has 0 saturated heterocycles. The van der Waals surface area contributed by atoms with Gasteiger partial charge in [0.15, 0.2) is 5.13 Å². The first kappa shape index (κ1) is 18.1. The standard InChI is InChI=1S/C18H17N3O3S2.H2/c1-3-24-17(23)11-4-6-12(7-5-11)20-18-21-16(19)15(26-18)13(22)14-10(2)8-9-25-14;/h4-9H,3,19H2,1-2H3,(H,20,21);1H. The lowest BCUT2D eigenvalue weighted by Gasteiger charge is -2.04. The van der Waals surface area contributed by atoms with Gasteiger partial charge < -0.3 is 15.8 Å². The van der Waals surface area contributed by atoms with Crippen LogP contribution in [0.15, 0.2) is 35.7 Å². The van der Waals surface area contributed by atoms with Gasteiger partial charge in [-0.2, -0.15) is 0 Å². The summed E-state index contributed by atoms with van der Waals surface area (Å²) in [6.07, 6.45) is 0. The van der Waals surface area contributed by atoms with Crippen molar-refractivity contribution in [3.8, 4) is 0 Å². The Morgan fingerprint density at radius 1 is 1.23 bits per heavy atom. The third-order valence-corrected chi connectivity index (χ3v) is 5.58. The van der Waals surface area contributed by atoms with Gasteiger partial charge in [0, 0.05) is 7.11 Å². The fraction of sp³-hybridized carbons (Fsp3) is 0.167. The van der Waals surface area contributed by atoms with Crippen LogP contribution < -0.4 is 11.1 Å². The van der Waals surface area contributed by atoms with Gasteiger partial charge in [0.05, 0.1) is 17.0 Å². The number of aromatic nitrogens is 1. The Bertz CT molecular complexity index is 951. The summed E-state index contributed by atoms with van der Waals surface area (Å²) in [7, 11) is 0. The normalized spacial score (nSPS) is 10.5. The van der Waals surface area contributed by atoms with Crippen LogP contribution in [0.2, 0.25) is 0 Å². The molecule has 6 nitrogen and oxygen atoms in total. The van der Waals surface area contributed by atoms with Crippen LogP contribution in [0, 0.1) is 6.92 Å². The van der Waals surface area contributed by atoms with E-state index in [1.807, 2.05) is 18.4 Å². The molecular formula is C18H19N3O3S2. The first-order valence-electron chi connectivity index (χ1n) is 7.89. The van der Waals surface area contributed by atoms with Crippen molar-refractivity contribution in [3.63, 3.8) is 0 Å². The van der Waals surface area contributed by atoms with Gasteiger partial charge in [0.1, 0.15) is 10.7 Å². The highest BCUT2D eigenvalue weighted by Gasteiger charge is 2.20. The van der Waals surface area contributed by atoms with Gasteiger partial charge in [-0.25, -0.2) is 9.78 Å². The van der Waals surface area contributed by atoms with E-state index in [1.54, 1.807) is 31.2 Å². The van der Waals surface area contributed by atoms with E-state index >= 15 is 0 Å². The molecule has 0 aliphatic rings. The molecule has 2 heterocycles. The fourth-order valence-electron chi connectivity index (χ4n) is 2.28. The van der Waals surface area contributed by atoms with Crippen molar-refractivity contribution in [1.29, 1.82) is 0 Å². The second-order valence-corrected chi connectivity index (χ2v) is 7.33. The number of nitrogens with zero attached hydrogens (tertiary/aromatic N) is 1. The number of anilines is 3. The van der Waals surface area contributed by atoms with E-state index in [0.717, 1.165) is 11.3 Å². The summed E-state index contributed by atoms with van der Waals surface area (Å²) < 4.78 is 4.95. The SMILES string of the molecule is CCOC(=O)c1ccc(Nc2nc(N)c(C(=O)c3sccc3C)s2)cc1.[HH]. The molecule has 2 aromatic heterocycles. The largest absolute Gasteiger partial charge is 0.462 e. The predicted octanol–water partition coefficient (Wildman–Crippen LogP) is 4.49. The van der Waals surface area contributed by atoms with Gasteiger partial charge in [0.2, 0.25) is 5.78 Å². The van der Waals surface area contributed by atoms with E-state index in [-0.39, 0.29) is 19.0 Å². The second kappa shape index (κ2) is 7.67. The number of carbonyl (C=O) groups is 2. The van der Waals surface area contributed by atoms with Crippen LogP contribution >= 0.6 is 22.7 Å². The maximum atomic E-state index is 12.6. The lowest BCUT2D eigenvalue weighted by Crippen LogP contribution is -2.04. The lowest BCUT2D eigenvalue weighted by atomic mass is 10.2. The molecular weight excluding hydrogens is 370 g/mol. The molecule has 0 spiro atoms. The summed E-state index contributed by atoms with van der Waals surface area (Å²) >= 11 is 2.60. The Morgan fingerprint density at radius 3 is 2.58 bits per heavy atom. The molecule has 0 bridgehead atoms. The van der Waals surface area contributed by atoms with Crippen LogP contribution in [-0.2, 0) is 4.74 Å². The quantitative estimate of drug-likeness (QED) is 0.476. The molecule has 0 fully saturated rings. The number of hydrogen-bond acceptors (Lipinski definition) is 8. The van der Waals surface area contributed by atoms with Crippen molar-refractivity contribution in [2.24, 2.45) is 0 Å². The second-order valence-electron chi connectivity index (χ2n) is 5.42. The number of nitrogen functional groups attached to an aromatic ring is 1. The number of rotatable bonds is 6. The number of benzene rings is 1. The zero-order valence-electron chi connectivity index (χ0n) is 14.2. The van der Waals surface area contributed by atoms with Crippen LogP contribution in [0.3, 0.4) is 0 Å². The monoisotopic (exact) mass is 389 g/mol. The first-order valence-corrected chi connectivity index (χ1v) is 9.58. The average molecular weight is 390 g/mol. The highest BCUT2D eigenvalue weighted by atomic mass is 32.1. The molecule has 3 rings (SSSR count). The Hall–Kier alpha value is -2.71. The van der Waals surface area contributed by atoms with Gasteiger partial charge >= 0.3 is 5.97 Å². The number of nitrogens with one attached hydrogen (secondary N) is 1. The molecule has 3 N–H and O–H groups in total. The summed E-state index contributed by atoms with van der Waals surface area (Å²) in [4.78, 5) is 29.6. The van der Waals surface area contributed by atoms with Crippen LogP contribution in [0.25, 0.3) is 0 Å². The molecule has 0 atom stereocenters. The summed E-state index contributed by atoms with van der Waals surface area (Å²) in [6.45, 7) is 3.99. The number of carbonyl (C=O) groups excluding carboxylic acids is 2. The fourth-order valence-corrected chi connectivity index (χ4v) is 4.07. The van der Waals surface area contributed by atoms with Gasteiger partial charge in [-0.15, -0.1) is 11.3 Å². The molecule has 136 valence electrons. The van der Waals surface area contributed by atoms with E-state index in [9.17, 15) is 9.59 Å². The Labute approximate surface area is 160 Å². The number of aryl methyl sites for hydroxylation is 1. The summed E-state index contributed by atoms with van der Waals surface area (Å²) in [6, 6.07) is 8.72. The zero-order chi connectivity index (χ0) is 18.7. The number of ketones is 1. The highest BCUT2D eigenvalue weighted by Crippen LogP contribution is 2.31. The molecule has 0 aliphatic heterocycles. The topological polar surface area (TPSA) is 94.3 Å². The molecule has 26 heavy (non-hydrogen) atoms. The molecule has 0 aliphatic carbocycles. The van der Waals surface area contributed by atoms with Crippen molar-refractivity contribution in [2.75, 3.05) is 17.7 Å². The Morgan fingerprint density at radius 2 is 1.96 bits per heavy atom. The first-order chi connectivity index (χ1) is 12.5. The number of thiophene rings is 1. The van der Waals surface area contributed by atoms with Crippen LogP contribution in [-0.4, -0.2) is 23.3 Å². The lowest BCUT2D eigenvalue weighted by molar-refractivity contribution is 0.0526. The van der Waals surface area contributed by atoms with E-state index in [4.69, 9.17) is 10.5 Å². The summed E-state index contributed by atoms with van der Waals surface area (Å²) in [5.41, 5.74) is 8.07. The number of esters is 1. The van der Waals surface area contributed by atoms with Crippen LogP contribution in [0.4, 0.5) is 16.6 Å². The number of nitrogens with two attached hydrogens (primary N) is 1. The molecule has 1 aromatic carbocycles. The average Bonchev–Trinajstić information content (AvgIpc) is 3.20. The number of thiazole rings is 1. The molecule has 8 heteroatoms. The maximum Gasteiger partial charge on any atom is 0.338 e. The summed E-state index contributed by atoms with van der Waals surface area (Å²) in [5.74, 6) is -0.270. The van der Waals surface area contributed by atoms with Crippen molar-refractivity contribution < 1.29 is 15.8 Å². The highest BCUT2D eigenvalue weighted by molar-refractivity contribution is 7.19. The molecule has 3 aromatic rings. The van der Waals surface area contributed by atoms with Gasteiger partial charge in [-0.05, 0) is 55.1 Å². The molecule has 0 radical (unpaired) electrons. The Balaban J connectivity index is 0.00000261. The van der Waals surface area contributed by atoms with Crippen LogP contribution in [0.1, 0.15) is 38.8 Å². The van der Waals surface area contributed by atoms with E-state index in [2.05, 4.69) is 10.3 Å². The molecule has 0 amide bonds. The van der Waals surface area contributed by atoms with Gasteiger partial charge in [0.25, 0.3) is 0 Å². The maximum absolute atomic E-state index is 12.6. The van der Waals surface area contributed by atoms with Crippen LogP contribution in [0.5, 0.6) is 0 Å². The summed E-state index contributed by atoms with van der Waals surface area (Å²) in [5, 5.41) is 5.50. The van der Waals surface area contributed by atoms with Crippen molar-refractivity contribution in [2.45, 2.75) is 13.8 Å². The van der Waals surface area contributed by atoms with Gasteiger partial charge in [-0.1, -0.05) is 11.3 Å². The predicted molar refractivity (Wildman–Crippen MR) is 107 cm³/mol. The zero-order valence-corrected chi connectivity index (χ0v) is 15.9. The van der Waals surface area contributed by atoms with Crippen molar-refractivity contribution >= 4 is 51.1 Å². The van der Waals surface area contributed by atoms with Crippen molar-refractivity contribution in [3.05, 3.63) is 56.6 Å². The minimum atomic E-state index is -0.364. The minimum absolute atomic E-state index is 0. The van der Waals surface area contributed by atoms with Gasteiger partial charge in [-0.3, -0.25) is 4.79 Å². The third-order valence-electron chi connectivity index (χ3n) is 3.58. The van der Waals surface area contributed by atoms with E-state index < -0.39 is 0 Å². The minimum Gasteiger partial charge on any atom is -0.462 e. The number of hydrogen-bond donors (Lipinski definition) is 2. The van der Waals surface area contributed by atoms with E-state index in [0.29, 0.717) is 27.1 Å². The third kappa shape index (κ3) is 3.76. The Kier molecular flexibility index (Phi) is 5.34. The smallest absolute Gasteiger partial charge is 0.338 e. The number of ether oxygens (including phenoxy) is 1. The van der Waals surface area contributed by atoms with E-state index in [1.165, 1.54) is 22.7 Å². The molecule has 0 saturated carbocycles. The molecule has 0 unspecified atom stereocenters. The van der Waals surface area contributed by atoms with Crippen molar-refractivity contribution in [1.82, 2.24) is 4.98 Å².